The third-order valence-electron chi connectivity index (χ3n) is 4.34. The van der Waals surface area contributed by atoms with Crippen LogP contribution in [0.2, 0.25) is 0 Å². The highest BCUT2D eigenvalue weighted by Crippen LogP contribution is 2.21. The Bertz CT molecular complexity index is 582. The third-order valence-corrected chi connectivity index (χ3v) is 5.84. The Morgan fingerprint density at radius 1 is 1.24 bits per heavy atom. The number of nitrogens with zero attached hydrogens (tertiary/aromatic N) is 1. The van der Waals surface area contributed by atoms with E-state index >= 15 is 0 Å². The number of hydrogen-bond donors (Lipinski definition) is 2. The quantitative estimate of drug-likeness (QED) is 0.835. The molecular formula is C15H24N2O3S. The predicted molar refractivity (Wildman–Crippen MR) is 83.0 cm³/mol. The summed E-state index contributed by atoms with van der Waals surface area (Å²) in [5, 5.41) is 10.2. The Morgan fingerprint density at radius 2 is 1.86 bits per heavy atom. The van der Waals surface area contributed by atoms with Crippen molar-refractivity contribution in [3.8, 4) is 0 Å². The monoisotopic (exact) mass is 312 g/mol. The molecule has 0 saturated carbocycles. The Kier molecular flexibility index (Phi) is 5.03. The van der Waals surface area contributed by atoms with Crippen molar-refractivity contribution >= 4 is 10.2 Å². The molecule has 0 fully saturated rings. The highest BCUT2D eigenvalue weighted by atomic mass is 32.2. The van der Waals surface area contributed by atoms with Crippen molar-refractivity contribution in [3.05, 3.63) is 35.4 Å². The Morgan fingerprint density at radius 3 is 2.48 bits per heavy atom. The molecule has 0 atom stereocenters. The normalized spacial score (nSPS) is 16.7. The van der Waals surface area contributed by atoms with Crippen LogP contribution in [0.1, 0.15) is 37.8 Å². The van der Waals surface area contributed by atoms with Gasteiger partial charge in [-0.05, 0) is 30.4 Å². The molecule has 1 aromatic rings. The zero-order valence-electron chi connectivity index (χ0n) is 12.7. The second-order valence-corrected chi connectivity index (χ2v) is 7.37. The molecular weight excluding hydrogens is 288 g/mol. The van der Waals surface area contributed by atoms with E-state index in [1.807, 2.05) is 38.1 Å². The molecule has 0 unspecified atom stereocenters. The van der Waals surface area contributed by atoms with E-state index in [1.165, 1.54) is 9.87 Å². The van der Waals surface area contributed by atoms with Gasteiger partial charge in [0.05, 0.1) is 5.60 Å². The second-order valence-electron chi connectivity index (χ2n) is 5.61. The number of fused-ring (bicyclic) bond motifs is 1. The van der Waals surface area contributed by atoms with Gasteiger partial charge in [-0.3, -0.25) is 0 Å². The number of hydrogen-bond acceptors (Lipinski definition) is 3. The molecule has 6 heteroatoms. The molecule has 21 heavy (non-hydrogen) atoms. The topological polar surface area (TPSA) is 69.6 Å². The minimum Gasteiger partial charge on any atom is -0.389 e. The van der Waals surface area contributed by atoms with Crippen molar-refractivity contribution in [2.75, 3.05) is 13.1 Å². The highest BCUT2D eigenvalue weighted by Gasteiger charge is 2.30. The van der Waals surface area contributed by atoms with Gasteiger partial charge >= 0.3 is 0 Å². The van der Waals surface area contributed by atoms with Gasteiger partial charge in [0.15, 0.2) is 0 Å². The van der Waals surface area contributed by atoms with E-state index in [9.17, 15) is 13.5 Å². The molecule has 1 aliphatic heterocycles. The van der Waals surface area contributed by atoms with E-state index in [-0.39, 0.29) is 6.54 Å². The summed E-state index contributed by atoms with van der Waals surface area (Å²) in [6.45, 7) is 4.63. The van der Waals surface area contributed by atoms with Gasteiger partial charge in [-0.1, -0.05) is 38.1 Å². The molecule has 0 bridgehead atoms. The van der Waals surface area contributed by atoms with Crippen LogP contribution in [0.4, 0.5) is 0 Å². The van der Waals surface area contributed by atoms with Crippen LogP contribution in [0.3, 0.4) is 0 Å². The second kappa shape index (κ2) is 6.44. The van der Waals surface area contributed by atoms with Gasteiger partial charge in [-0.2, -0.15) is 17.4 Å². The molecule has 0 aromatic heterocycles. The van der Waals surface area contributed by atoms with Gasteiger partial charge in [-0.15, -0.1) is 0 Å². The molecule has 5 nitrogen and oxygen atoms in total. The molecule has 0 saturated heterocycles. The lowest BCUT2D eigenvalue weighted by Gasteiger charge is -2.30. The molecule has 1 aliphatic rings. The Labute approximate surface area is 127 Å². The van der Waals surface area contributed by atoms with Gasteiger partial charge < -0.3 is 5.11 Å². The fourth-order valence-electron chi connectivity index (χ4n) is 2.49. The van der Waals surface area contributed by atoms with E-state index in [4.69, 9.17) is 0 Å². The van der Waals surface area contributed by atoms with Crippen molar-refractivity contribution in [1.29, 1.82) is 0 Å². The van der Waals surface area contributed by atoms with Crippen molar-refractivity contribution in [3.63, 3.8) is 0 Å². The molecule has 118 valence electrons. The predicted octanol–water partition coefficient (Wildman–Crippen LogP) is 1.43. The first-order valence-electron chi connectivity index (χ1n) is 7.44. The molecule has 0 amide bonds. The lowest BCUT2D eigenvalue weighted by Crippen LogP contribution is -2.48. The summed E-state index contributed by atoms with van der Waals surface area (Å²) in [7, 11) is -3.56. The summed E-state index contributed by atoms with van der Waals surface area (Å²) in [4.78, 5) is 0. The van der Waals surface area contributed by atoms with E-state index in [0.717, 1.165) is 12.0 Å². The molecule has 0 radical (unpaired) electrons. The van der Waals surface area contributed by atoms with Gasteiger partial charge in [0, 0.05) is 19.6 Å². The van der Waals surface area contributed by atoms with Crippen molar-refractivity contribution < 1.29 is 13.5 Å². The Balaban J connectivity index is 2.05. The minimum absolute atomic E-state index is 0.0560. The van der Waals surface area contributed by atoms with E-state index in [2.05, 4.69) is 4.72 Å². The summed E-state index contributed by atoms with van der Waals surface area (Å²) in [5.41, 5.74) is 1.29. The molecule has 1 heterocycles. The summed E-state index contributed by atoms with van der Waals surface area (Å²) in [6.07, 6.45) is 1.77. The van der Waals surface area contributed by atoms with E-state index < -0.39 is 15.8 Å². The third kappa shape index (κ3) is 3.83. The SMILES string of the molecule is CCC(O)(CC)CNS(=O)(=O)N1CCc2ccccc2C1. The van der Waals surface area contributed by atoms with Crippen molar-refractivity contribution in [2.24, 2.45) is 0 Å². The first-order chi connectivity index (χ1) is 9.90. The van der Waals surface area contributed by atoms with E-state index in [1.54, 1.807) is 0 Å². The van der Waals surface area contributed by atoms with Gasteiger partial charge in [-0.25, -0.2) is 0 Å². The maximum Gasteiger partial charge on any atom is 0.279 e. The maximum atomic E-state index is 12.4. The smallest absolute Gasteiger partial charge is 0.279 e. The zero-order valence-corrected chi connectivity index (χ0v) is 13.5. The minimum atomic E-state index is -3.56. The van der Waals surface area contributed by atoms with Crippen LogP contribution in [-0.4, -0.2) is 36.5 Å². The molecule has 2 N–H and O–H groups in total. The average Bonchev–Trinajstić information content (AvgIpc) is 2.52. The van der Waals surface area contributed by atoms with Crippen LogP contribution < -0.4 is 4.72 Å². The largest absolute Gasteiger partial charge is 0.389 e. The van der Waals surface area contributed by atoms with Crippen molar-refractivity contribution in [1.82, 2.24) is 9.03 Å². The fraction of sp³-hybridized carbons (Fsp3) is 0.600. The van der Waals surface area contributed by atoms with Crippen LogP contribution >= 0.6 is 0 Å². The lowest BCUT2D eigenvalue weighted by atomic mass is 9.98. The Hall–Kier alpha value is -0.950. The number of benzene rings is 1. The van der Waals surface area contributed by atoms with Crippen LogP contribution in [0.25, 0.3) is 0 Å². The fourth-order valence-corrected chi connectivity index (χ4v) is 3.77. The summed E-state index contributed by atoms with van der Waals surface area (Å²) in [6, 6.07) is 7.91. The molecule has 2 rings (SSSR count). The summed E-state index contributed by atoms with van der Waals surface area (Å²) < 4.78 is 28.8. The molecule has 0 aliphatic carbocycles. The van der Waals surface area contributed by atoms with Crippen LogP contribution in [0.5, 0.6) is 0 Å². The molecule has 1 aromatic carbocycles. The van der Waals surface area contributed by atoms with Crippen LogP contribution in [-0.2, 0) is 23.2 Å². The van der Waals surface area contributed by atoms with Gasteiger partial charge in [0.25, 0.3) is 10.2 Å². The maximum absolute atomic E-state index is 12.4. The lowest BCUT2D eigenvalue weighted by molar-refractivity contribution is 0.0373. The number of rotatable bonds is 6. The average molecular weight is 312 g/mol. The highest BCUT2D eigenvalue weighted by molar-refractivity contribution is 7.87. The first-order valence-corrected chi connectivity index (χ1v) is 8.88. The standard InChI is InChI=1S/C15H24N2O3S/c1-3-15(18,4-2)12-16-21(19,20)17-10-9-13-7-5-6-8-14(13)11-17/h5-8,16,18H,3-4,9-12H2,1-2H3. The zero-order chi connectivity index (χ0) is 15.5. The van der Waals surface area contributed by atoms with Gasteiger partial charge in [0.1, 0.15) is 0 Å². The summed E-state index contributed by atoms with van der Waals surface area (Å²) in [5.74, 6) is 0. The van der Waals surface area contributed by atoms with Crippen LogP contribution in [0.15, 0.2) is 24.3 Å². The van der Waals surface area contributed by atoms with Crippen molar-refractivity contribution in [2.45, 2.75) is 45.3 Å². The first kappa shape index (κ1) is 16.4. The molecule has 0 spiro atoms. The number of aliphatic hydroxyl groups is 1. The summed E-state index contributed by atoms with van der Waals surface area (Å²) >= 11 is 0. The van der Waals surface area contributed by atoms with E-state index in [0.29, 0.717) is 25.9 Å². The van der Waals surface area contributed by atoms with Gasteiger partial charge in [0.2, 0.25) is 0 Å². The van der Waals surface area contributed by atoms with Crippen LogP contribution in [0, 0.1) is 0 Å². The number of nitrogens with one attached hydrogen (secondary N) is 1.